The second kappa shape index (κ2) is 9.08. The van der Waals surface area contributed by atoms with Gasteiger partial charge in [-0.25, -0.2) is 5.01 Å². The Labute approximate surface area is 189 Å². The molecule has 0 fully saturated rings. The molecule has 0 aliphatic carbocycles. The molecular formula is C23H19BrClN3S. The van der Waals surface area contributed by atoms with E-state index in [2.05, 4.69) is 45.5 Å². The molecule has 0 spiro atoms. The molecule has 0 aromatic heterocycles. The summed E-state index contributed by atoms with van der Waals surface area (Å²) in [7, 11) is 0. The van der Waals surface area contributed by atoms with Gasteiger partial charge in [0.1, 0.15) is 0 Å². The lowest BCUT2D eigenvalue weighted by atomic mass is 9.98. The van der Waals surface area contributed by atoms with Crippen LogP contribution in [0.1, 0.15) is 29.2 Å². The van der Waals surface area contributed by atoms with Gasteiger partial charge in [0, 0.05) is 22.5 Å². The van der Waals surface area contributed by atoms with Crippen LogP contribution in [0.2, 0.25) is 5.02 Å². The zero-order valence-corrected chi connectivity index (χ0v) is 18.7. The fourth-order valence-electron chi connectivity index (χ4n) is 3.36. The Hall–Kier alpha value is -2.21. The molecule has 3 aromatic rings. The van der Waals surface area contributed by atoms with E-state index in [0.717, 1.165) is 32.8 Å². The van der Waals surface area contributed by atoms with E-state index in [1.807, 2.05) is 59.6 Å². The minimum Gasteiger partial charge on any atom is -0.357 e. The van der Waals surface area contributed by atoms with Crippen LogP contribution in [-0.2, 0) is 6.54 Å². The second-order valence-electron chi connectivity index (χ2n) is 6.78. The lowest BCUT2D eigenvalue weighted by Crippen LogP contribution is -2.36. The molecular weight excluding hydrogens is 466 g/mol. The van der Waals surface area contributed by atoms with Gasteiger partial charge >= 0.3 is 0 Å². The van der Waals surface area contributed by atoms with Crippen LogP contribution in [0.25, 0.3) is 0 Å². The zero-order valence-electron chi connectivity index (χ0n) is 15.6. The van der Waals surface area contributed by atoms with E-state index in [9.17, 15) is 0 Å². The summed E-state index contributed by atoms with van der Waals surface area (Å²) < 4.78 is 1.04. The van der Waals surface area contributed by atoms with Crippen LogP contribution < -0.4 is 5.32 Å². The highest BCUT2D eigenvalue weighted by molar-refractivity contribution is 9.10. The van der Waals surface area contributed by atoms with E-state index in [1.54, 1.807) is 0 Å². The van der Waals surface area contributed by atoms with Crippen molar-refractivity contribution >= 4 is 50.6 Å². The number of hydrogen-bond donors (Lipinski definition) is 1. The monoisotopic (exact) mass is 483 g/mol. The first-order valence-corrected chi connectivity index (χ1v) is 10.9. The van der Waals surface area contributed by atoms with E-state index < -0.39 is 0 Å². The van der Waals surface area contributed by atoms with Crippen LogP contribution >= 0.6 is 39.7 Å². The molecule has 146 valence electrons. The van der Waals surface area contributed by atoms with Crippen molar-refractivity contribution in [2.75, 3.05) is 0 Å². The van der Waals surface area contributed by atoms with Crippen molar-refractivity contribution in [3.8, 4) is 0 Å². The number of thiocarbonyl (C=S) groups is 1. The highest BCUT2D eigenvalue weighted by Crippen LogP contribution is 2.36. The van der Waals surface area contributed by atoms with Crippen molar-refractivity contribution in [2.24, 2.45) is 5.10 Å². The van der Waals surface area contributed by atoms with Crippen molar-refractivity contribution in [3.05, 3.63) is 105 Å². The maximum atomic E-state index is 6.51. The molecule has 0 saturated heterocycles. The molecule has 1 aliphatic rings. The molecule has 1 heterocycles. The molecule has 0 saturated carbocycles. The SMILES string of the molecule is S=C(NCc1ccccc1)N1N=C(c2ccc(Br)cc2)C[C@H]1c1ccccc1Cl. The van der Waals surface area contributed by atoms with Crippen molar-refractivity contribution in [2.45, 2.75) is 19.0 Å². The van der Waals surface area contributed by atoms with E-state index in [4.69, 9.17) is 28.9 Å². The summed E-state index contributed by atoms with van der Waals surface area (Å²) in [6.07, 6.45) is 0.735. The maximum absolute atomic E-state index is 6.51. The van der Waals surface area contributed by atoms with Gasteiger partial charge in [-0.15, -0.1) is 0 Å². The average Bonchev–Trinajstić information content (AvgIpc) is 3.19. The first-order valence-electron chi connectivity index (χ1n) is 9.30. The third-order valence-corrected chi connectivity index (χ3v) is 6.05. The Kier molecular flexibility index (Phi) is 6.28. The van der Waals surface area contributed by atoms with Gasteiger partial charge in [-0.05, 0) is 47.1 Å². The third kappa shape index (κ3) is 4.69. The smallest absolute Gasteiger partial charge is 0.190 e. The van der Waals surface area contributed by atoms with Crippen molar-refractivity contribution in [3.63, 3.8) is 0 Å². The van der Waals surface area contributed by atoms with Crippen LogP contribution in [0, 0.1) is 0 Å². The summed E-state index contributed by atoms with van der Waals surface area (Å²) in [5, 5.41) is 11.4. The molecule has 1 atom stereocenters. The van der Waals surface area contributed by atoms with Crippen LogP contribution in [0.15, 0.2) is 88.4 Å². The Bertz CT molecular complexity index is 1040. The zero-order chi connectivity index (χ0) is 20.2. The molecule has 6 heteroatoms. The number of nitrogens with one attached hydrogen (secondary N) is 1. The van der Waals surface area contributed by atoms with Gasteiger partial charge in [0.2, 0.25) is 0 Å². The first kappa shape index (κ1) is 20.1. The summed E-state index contributed by atoms with van der Waals surface area (Å²) in [6.45, 7) is 0.647. The van der Waals surface area contributed by atoms with Crippen LogP contribution in [0.3, 0.4) is 0 Å². The number of halogens is 2. The Morgan fingerprint density at radius 2 is 1.72 bits per heavy atom. The van der Waals surface area contributed by atoms with Crippen molar-refractivity contribution in [1.82, 2.24) is 10.3 Å². The van der Waals surface area contributed by atoms with Crippen LogP contribution in [0.4, 0.5) is 0 Å². The molecule has 0 bridgehead atoms. The summed E-state index contributed by atoms with van der Waals surface area (Å²) in [5.74, 6) is 0. The Morgan fingerprint density at radius 1 is 1.03 bits per heavy atom. The van der Waals surface area contributed by atoms with Gasteiger partial charge in [-0.2, -0.15) is 5.10 Å². The summed E-state index contributed by atoms with van der Waals surface area (Å²) >= 11 is 15.7. The molecule has 3 nitrogen and oxygen atoms in total. The Balaban J connectivity index is 1.61. The number of benzene rings is 3. The van der Waals surface area contributed by atoms with E-state index in [-0.39, 0.29) is 6.04 Å². The molecule has 1 N–H and O–H groups in total. The van der Waals surface area contributed by atoms with Crippen LogP contribution in [0.5, 0.6) is 0 Å². The van der Waals surface area contributed by atoms with Crippen molar-refractivity contribution in [1.29, 1.82) is 0 Å². The molecule has 0 radical (unpaired) electrons. The fourth-order valence-corrected chi connectivity index (χ4v) is 4.12. The molecule has 0 amide bonds. The van der Waals surface area contributed by atoms with Crippen molar-refractivity contribution < 1.29 is 0 Å². The fraction of sp³-hybridized carbons (Fsp3) is 0.130. The molecule has 0 unspecified atom stereocenters. The average molecular weight is 485 g/mol. The maximum Gasteiger partial charge on any atom is 0.190 e. The number of rotatable bonds is 4. The summed E-state index contributed by atoms with van der Waals surface area (Å²) in [6, 6.07) is 26.2. The topological polar surface area (TPSA) is 27.6 Å². The predicted molar refractivity (Wildman–Crippen MR) is 127 cm³/mol. The molecule has 29 heavy (non-hydrogen) atoms. The van der Waals surface area contributed by atoms with Gasteiger partial charge < -0.3 is 5.32 Å². The van der Waals surface area contributed by atoms with Gasteiger partial charge in [0.15, 0.2) is 5.11 Å². The second-order valence-corrected chi connectivity index (χ2v) is 8.49. The minimum atomic E-state index is -0.0434. The first-order chi connectivity index (χ1) is 14.1. The lowest BCUT2D eigenvalue weighted by Gasteiger charge is -2.25. The highest BCUT2D eigenvalue weighted by atomic mass is 79.9. The van der Waals surface area contributed by atoms with E-state index >= 15 is 0 Å². The summed E-state index contributed by atoms with van der Waals surface area (Å²) in [4.78, 5) is 0. The van der Waals surface area contributed by atoms with E-state index in [0.29, 0.717) is 11.7 Å². The normalized spacial score (nSPS) is 15.9. The quantitative estimate of drug-likeness (QED) is 0.439. The van der Waals surface area contributed by atoms with Gasteiger partial charge in [0.25, 0.3) is 0 Å². The van der Waals surface area contributed by atoms with E-state index in [1.165, 1.54) is 5.56 Å². The molecule has 1 aliphatic heterocycles. The highest BCUT2D eigenvalue weighted by Gasteiger charge is 2.32. The number of nitrogens with zero attached hydrogens (tertiary/aromatic N) is 2. The third-order valence-electron chi connectivity index (χ3n) is 4.85. The number of hydrogen-bond acceptors (Lipinski definition) is 2. The standard InChI is InChI=1S/C23H19BrClN3S/c24-18-12-10-17(11-13-18)21-14-22(19-8-4-5-9-20(19)25)28(27-21)23(29)26-15-16-6-2-1-3-7-16/h1-13,22H,14-15H2,(H,26,29)/t22-/m0/s1. The van der Waals surface area contributed by atoms with Gasteiger partial charge in [-0.3, -0.25) is 0 Å². The number of hydrazone groups is 1. The molecule has 4 rings (SSSR count). The van der Waals surface area contributed by atoms with Gasteiger partial charge in [-0.1, -0.05) is 88.2 Å². The minimum absolute atomic E-state index is 0.0434. The predicted octanol–water partition coefficient (Wildman–Crippen LogP) is 6.33. The molecule has 3 aromatic carbocycles. The summed E-state index contributed by atoms with van der Waals surface area (Å²) in [5.41, 5.74) is 4.26. The van der Waals surface area contributed by atoms with Gasteiger partial charge in [0.05, 0.1) is 11.8 Å². The largest absolute Gasteiger partial charge is 0.357 e. The Morgan fingerprint density at radius 3 is 2.45 bits per heavy atom. The lowest BCUT2D eigenvalue weighted by molar-refractivity contribution is 0.364. The van der Waals surface area contributed by atoms with Crippen LogP contribution in [-0.4, -0.2) is 15.8 Å².